The van der Waals surface area contributed by atoms with Crippen LogP contribution in [0.4, 0.5) is 0 Å². The summed E-state index contributed by atoms with van der Waals surface area (Å²) >= 11 is 1.04. The molecule has 0 heterocycles. The van der Waals surface area contributed by atoms with Gasteiger partial charge in [-0.15, -0.1) is 0 Å². The zero-order valence-electron chi connectivity index (χ0n) is 5.75. The van der Waals surface area contributed by atoms with Crippen LogP contribution >= 0.6 is 12.0 Å². The van der Waals surface area contributed by atoms with Crippen molar-refractivity contribution in [2.75, 3.05) is 5.75 Å². The summed E-state index contributed by atoms with van der Waals surface area (Å²) in [4.78, 5) is 0. The molecule has 0 rings (SSSR count). The SMILES string of the molecule is CCCCSOO[O-].[Na+]. The summed E-state index contributed by atoms with van der Waals surface area (Å²) in [7, 11) is 0. The minimum Gasteiger partial charge on any atom is -0.691 e. The van der Waals surface area contributed by atoms with Crippen LogP contribution in [0.2, 0.25) is 0 Å². The molecule has 0 radical (unpaired) electrons. The minimum atomic E-state index is 0. The first-order valence-electron chi connectivity index (χ1n) is 2.50. The maximum absolute atomic E-state index is 9.15. The van der Waals surface area contributed by atoms with Crippen LogP contribution < -0.4 is 34.8 Å². The number of hydrogen-bond donors (Lipinski definition) is 0. The fourth-order valence-electron chi connectivity index (χ4n) is 0.257. The van der Waals surface area contributed by atoms with Crippen molar-refractivity contribution in [1.82, 2.24) is 0 Å². The summed E-state index contributed by atoms with van der Waals surface area (Å²) in [5.41, 5.74) is 0. The van der Waals surface area contributed by atoms with Crippen molar-refractivity contribution >= 4 is 12.0 Å². The predicted molar refractivity (Wildman–Crippen MR) is 29.5 cm³/mol. The first kappa shape index (κ1) is 12.9. The Balaban J connectivity index is 0. The Kier molecular flexibility index (Phi) is 17.1. The topological polar surface area (TPSA) is 41.5 Å². The van der Waals surface area contributed by atoms with E-state index >= 15 is 0 Å². The van der Waals surface area contributed by atoms with E-state index in [0.717, 1.165) is 30.6 Å². The molecule has 0 aromatic carbocycles. The van der Waals surface area contributed by atoms with Gasteiger partial charge in [0, 0.05) is 17.8 Å². The van der Waals surface area contributed by atoms with Gasteiger partial charge in [-0.1, -0.05) is 13.3 Å². The Hall–Kier alpha value is 1.23. The molecule has 0 amide bonds. The third kappa shape index (κ3) is 12.4. The summed E-state index contributed by atoms with van der Waals surface area (Å²) in [6.45, 7) is 2.07. The van der Waals surface area contributed by atoms with Crippen molar-refractivity contribution in [2.24, 2.45) is 0 Å². The molecule has 0 unspecified atom stereocenters. The Labute approximate surface area is 81.5 Å². The fraction of sp³-hybridized carbons (Fsp3) is 1.00. The molecule has 5 heteroatoms. The molecule has 0 atom stereocenters. The molecule has 0 N–H and O–H groups in total. The van der Waals surface area contributed by atoms with Gasteiger partial charge in [0.15, 0.2) is 0 Å². The van der Waals surface area contributed by atoms with Gasteiger partial charge in [-0.3, -0.25) is 5.04 Å². The molecule has 0 aliphatic heterocycles. The van der Waals surface area contributed by atoms with E-state index < -0.39 is 0 Å². The van der Waals surface area contributed by atoms with Crippen LogP contribution in [0.15, 0.2) is 0 Å². The van der Waals surface area contributed by atoms with Gasteiger partial charge in [-0.25, -0.2) is 0 Å². The maximum atomic E-state index is 9.15. The van der Waals surface area contributed by atoms with Crippen molar-refractivity contribution in [3.8, 4) is 0 Å². The normalized spacial score (nSPS) is 8.67. The molecule has 0 fully saturated rings. The van der Waals surface area contributed by atoms with E-state index in [9.17, 15) is 0 Å². The van der Waals surface area contributed by atoms with Gasteiger partial charge in [0.25, 0.3) is 0 Å². The second kappa shape index (κ2) is 12.0. The predicted octanol–water partition coefficient (Wildman–Crippen LogP) is -2.34. The van der Waals surface area contributed by atoms with Gasteiger partial charge in [0.05, 0.1) is 0 Å². The molecule has 9 heavy (non-hydrogen) atoms. The van der Waals surface area contributed by atoms with E-state index in [-0.39, 0.29) is 29.6 Å². The van der Waals surface area contributed by atoms with Crippen LogP contribution in [-0.4, -0.2) is 5.75 Å². The number of hydrogen-bond acceptors (Lipinski definition) is 4. The molecule has 0 aromatic rings. The average Bonchev–Trinajstić information content (AvgIpc) is 1.81. The summed E-state index contributed by atoms with van der Waals surface area (Å²) in [6, 6.07) is 0. The molecule has 0 aliphatic carbocycles. The Morgan fingerprint density at radius 2 is 2.22 bits per heavy atom. The monoisotopic (exact) mass is 160 g/mol. The first-order valence-corrected chi connectivity index (χ1v) is 3.41. The van der Waals surface area contributed by atoms with Gasteiger partial charge in [0.1, 0.15) is 0 Å². The van der Waals surface area contributed by atoms with Crippen molar-refractivity contribution in [1.29, 1.82) is 0 Å². The fourth-order valence-corrected chi connectivity index (χ4v) is 0.771. The largest absolute Gasteiger partial charge is 1.00 e. The molecular formula is C4H9NaO3S. The van der Waals surface area contributed by atoms with Gasteiger partial charge < -0.3 is 5.26 Å². The Bertz CT molecular complexity index is 40.8. The smallest absolute Gasteiger partial charge is 0.691 e. The molecule has 0 saturated heterocycles. The Morgan fingerprint density at radius 3 is 2.67 bits per heavy atom. The van der Waals surface area contributed by atoms with Crippen LogP contribution in [0, 0.1) is 0 Å². The van der Waals surface area contributed by atoms with Crippen LogP contribution in [-0.2, 0) is 9.37 Å². The average molecular weight is 160 g/mol. The van der Waals surface area contributed by atoms with Gasteiger partial charge in [0.2, 0.25) is 0 Å². The summed E-state index contributed by atoms with van der Waals surface area (Å²) in [6.07, 6.45) is 2.16. The molecule has 0 aliphatic rings. The van der Waals surface area contributed by atoms with E-state index in [1.54, 1.807) is 0 Å². The standard InChI is InChI=1S/C4H10O3S.Na/c1-2-3-4-8-7-6-5;/h5H,2-4H2,1H3;/q;+1/p-1. The molecular weight excluding hydrogens is 151 g/mol. The van der Waals surface area contributed by atoms with E-state index in [2.05, 4.69) is 16.3 Å². The molecule has 0 saturated carbocycles. The van der Waals surface area contributed by atoms with Crippen LogP contribution in [0.1, 0.15) is 19.8 Å². The van der Waals surface area contributed by atoms with E-state index in [1.807, 2.05) is 0 Å². The third-order valence-electron chi connectivity index (χ3n) is 0.657. The number of unbranched alkanes of at least 4 members (excludes halogenated alkanes) is 1. The second-order valence-corrected chi connectivity index (χ2v) is 2.09. The zero-order valence-corrected chi connectivity index (χ0v) is 8.57. The van der Waals surface area contributed by atoms with E-state index in [0.29, 0.717) is 0 Å². The molecule has 0 aromatic heterocycles. The van der Waals surface area contributed by atoms with Crippen molar-refractivity contribution in [3.63, 3.8) is 0 Å². The summed E-state index contributed by atoms with van der Waals surface area (Å²) in [5.74, 6) is 0.818. The van der Waals surface area contributed by atoms with Crippen molar-refractivity contribution < 1.29 is 44.2 Å². The van der Waals surface area contributed by atoms with E-state index in [1.165, 1.54) is 0 Å². The molecule has 3 nitrogen and oxygen atoms in total. The van der Waals surface area contributed by atoms with Gasteiger partial charge in [-0.2, -0.15) is 4.33 Å². The first-order chi connectivity index (χ1) is 3.91. The van der Waals surface area contributed by atoms with Crippen molar-refractivity contribution in [2.45, 2.75) is 19.8 Å². The molecule has 0 spiro atoms. The minimum absolute atomic E-state index is 0. The van der Waals surface area contributed by atoms with Crippen LogP contribution in [0.25, 0.3) is 0 Å². The summed E-state index contributed by atoms with van der Waals surface area (Å²) < 4.78 is 4.00. The molecule has 0 bridgehead atoms. The van der Waals surface area contributed by atoms with Crippen molar-refractivity contribution in [3.05, 3.63) is 0 Å². The second-order valence-electron chi connectivity index (χ2n) is 1.31. The van der Waals surface area contributed by atoms with Crippen LogP contribution in [0.3, 0.4) is 0 Å². The Morgan fingerprint density at radius 1 is 1.56 bits per heavy atom. The van der Waals surface area contributed by atoms with Gasteiger partial charge in [-0.05, 0) is 6.42 Å². The third-order valence-corrected chi connectivity index (χ3v) is 1.26. The summed E-state index contributed by atoms with van der Waals surface area (Å²) in [5, 5.41) is 12.3. The maximum Gasteiger partial charge on any atom is 1.00 e. The molecule has 50 valence electrons. The number of rotatable bonds is 5. The van der Waals surface area contributed by atoms with E-state index in [4.69, 9.17) is 5.26 Å². The van der Waals surface area contributed by atoms with Crippen LogP contribution in [0.5, 0.6) is 0 Å². The quantitative estimate of drug-likeness (QED) is 0.149. The zero-order chi connectivity index (χ0) is 6.24. The van der Waals surface area contributed by atoms with Gasteiger partial charge >= 0.3 is 29.6 Å².